The van der Waals surface area contributed by atoms with Crippen LogP contribution in [0.1, 0.15) is 26.2 Å². The molecule has 0 aliphatic heterocycles. The molecule has 1 aliphatic rings. The summed E-state index contributed by atoms with van der Waals surface area (Å²) in [6, 6.07) is 0.121. The monoisotopic (exact) mass is 257 g/mol. The Morgan fingerprint density at radius 2 is 2.06 bits per heavy atom. The molecular weight excluding hydrogens is 234 g/mol. The van der Waals surface area contributed by atoms with Crippen LogP contribution in [0.5, 0.6) is 0 Å². The van der Waals surface area contributed by atoms with Gasteiger partial charge in [0.1, 0.15) is 6.61 Å². The van der Waals surface area contributed by atoms with Crippen LogP contribution in [0.3, 0.4) is 0 Å². The van der Waals surface area contributed by atoms with Gasteiger partial charge in [-0.05, 0) is 25.2 Å². The summed E-state index contributed by atoms with van der Waals surface area (Å²) >= 11 is 0. The van der Waals surface area contributed by atoms with Crippen LogP contribution < -0.4 is 16.8 Å². The topological polar surface area (TPSA) is 107 Å². The molecule has 5 N–H and O–H groups in total. The fourth-order valence-corrected chi connectivity index (χ4v) is 2.43. The smallest absolute Gasteiger partial charge is 0.243 e. The largest absolute Gasteiger partial charge is 0.370 e. The Labute approximate surface area is 107 Å². The Morgan fingerprint density at radius 3 is 2.67 bits per heavy atom. The number of rotatable bonds is 6. The van der Waals surface area contributed by atoms with Crippen LogP contribution >= 0.6 is 0 Å². The van der Waals surface area contributed by atoms with Crippen LogP contribution in [0.15, 0.2) is 0 Å². The third-order valence-electron chi connectivity index (χ3n) is 3.14. The standard InChI is InChI=1S/C12H23N3O3/c1-8-4-9(6-10(13)5-8)12(17)15-2-3-18-7-11(14)16/h8-10H,2-7,13H2,1H3,(H2,14,16)(H,15,17). The summed E-state index contributed by atoms with van der Waals surface area (Å²) in [5.74, 6) is 0.0172. The van der Waals surface area contributed by atoms with Gasteiger partial charge in [-0.2, -0.15) is 0 Å². The predicted octanol–water partition coefficient (Wildman–Crippen LogP) is -0.632. The van der Waals surface area contributed by atoms with E-state index in [1.807, 2.05) is 0 Å². The van der Waals surface area contributed by atoms with Crippen molar-refractivity contribution >= 4 is 11.8 Å². The molecule has 0 aromatic carbocycles. The maximum absolute atomic E-state index is 11.9. The normalized spacial score (nSPS) is 27.8. The van der Waals surface area contributed by atoms with Crippen molar-refractivity contribution in [2.45, 2.75) is 32.2 Å². The highest BCUT2D eigenvalue weighted by molar-refractivity contribution is 5.78. The number of primary amides is 1. The van der Waals surface area contributed by atoms with Gasteiger partial charge >= 0.3 is 0 Å². The Balaban J connectivity index is 2.18. The van der Waals surface area contributed by atoms with Crippen LogP contribution in [0.4, 0.5) is 0 Å². The van der Waals surface area contributed by atoms with Crippen molar-refractivity contribution in [1.82, 2.24) is 5.32 Å². The molecule has 0 bridgehead atoms. The van der Waals surface area contributed by atoms with Gasteiger partial charge in [0.2, 0.25) is 11.8 Å². The van der Waals surface area contributed by atoms with E-state index in [0.717, 1.165) is 19.3 Å². The first-order valence-corrected chi connectivity index (χ1v) is 6.38. The molecule has 6 heteroatoms. The van der Waals surface area contributed by atoms with E-state index >= 15 is 0 Å². The van der Waals surface area contributed by atoms with E-state index in [4.69, 9.17) is 16.2 Å². The van der Waals surface area contributed by atoms with Crippen molar-refractivity contribution < 1.29 is 14.3 Å². The summed E-state index contributed by atoms with van der Waals surface area (Å²) in [5.41, 5.74) is 10.8. The van der Waals surface area contributed by atoms with Gasteiger partial charge in [0.15, 0.2) is 0 Å². The van der Waals surface area contributed by atoms with Crippen molar-refractivity contribution in [2.75, 3.05) is 19.8 Å². The number of nitrogens with two attached hydrogens (primary N) is 2. The minimum Gasteiger partial charge on any atom is -0.370 e. The van der Waals surface area contributed by atoms with Crippen molar-refractivity contribution in [1.29, 1.82) is 0 Å². The van der Waals surface area contributed by atoms with Crippen LogP contribution in [0.2, 0.25) is 0 Å². The van der Waals surface area contributed by atoms with Crippen LogP contribution in [-0.2, 0) is 14.3 Å². The van der Waals surface area contributed by atoms with Gasteiger partial charge in [-0.25, -0.2) is 0 Å². The fraction of sp³-hybridized carbons (Fsp3) is 0.833. The number of carbonyl (C=O) groups is 2. The Kier molecular flexibility index (Phi) is 6.07. The number of nitrogens with one attached hydrogen (secondary N) is 1. The first kappa shape index (κ1) is 14.9. The summed E-state index contributed by atoms with van der Waals surface area (Å²) in [4.78, 5) is 22.3. The van der Waals surface area contributed by atoms with Crippen molar-refractivity contribution in [3.63, 3.8) is 0 Å². The molecule has 0 saturated heterocycles. The number of hydrogen-bond donors (Lipinski definition) is 3. The van der Waals surface area contributed by atoms with E-state index in [2.05, 4.69) is 12.2 Å². The average molecular weight is 257 g/mol. The first-order chi connectivity index (χ1) is 8.49. The Bertz CT molecular complexity index is 286. The van der Waals surface area contributed by atoms with E-state index in [9.17, 15) is 9.59 Å². The van der Waals surface area contributed by atoms with Crippen molar-refractivity contribution in [2.24, 2.45) is 23.3 Å². The molecule has 0 radical (unpaired) electrons. The molecular formula is C12H23N3O3. The van der Waals surface area contributed by atoms with E-state index < -0.39 is 5.91 Å². The molecule has 0 heterocycles. The summed E-state index contributed by atoms with van der Waals surface area (Å²) in [7, 11) is 0. The van der Waals surface area contributed by atoms with E-state index in [-0.39, 0.29) is 24.5 Å². The lowest BCUT2D eigenvalue weighted by Gasteiger charge is -2.30. The zero-order valence-corrected chi connectivity index (χ0v) is 10.9. The predicted molar refractivity (Wildman–Crippen MR) is 67.5 cm³/mol. The molecule has 1 rings (SSSR count). The molecule has 6 nitrogen and oxygen atoms in total. The van der Waals surface area contributed by atoms with Gasteiger partial charge in [-0.15, -0.1) is 0 Å². The molecule has 3 unspecified atom stereocenters. The van der Waals surface area contributed by atoms with Crippen LogP contribution in [0.25, 0.3) is 0 Å². The van der Waals surface area contributed by atoms with E-state index in [1.165, 1.54) is 0 Å². The molecule has 2 amide bonds. The van der Waals surface area contributed by atoms with Crippen LogP contribution in [0, 0.1) is 11.8 Å². The third kappa shape index (κ3) is 5.46. The zero-order chi connectivity index (χ0) is 13.5. The van der Waals surface area contributed by atoms with E-state index in [0.29, 0.717) is 19.1 Å². The van der Waals surface area contributed by atoms with E-state index in [1.54, 1.807) is 0 Å². The van der Waals surface area contributed by atoms with Crippen molar-refractivity contribution in [3.05, 3.63) is 0 Å². The summed E-state index contributed by atoms with van der Waals surface area (Å²) < 4.78 is 4.96. The summed E-state index contributed by atoms with van der Waals surface area (Å²) in [6.07, 6.45) is 2.63. The second-order valence-corrected chi connectivity index (χ2v) is 5.08. The molecule has 1 fully saturated rings. The minimum absolute atomic E-state index is 0.000101. The molecule has 1 saturated carbocycles. The highest BCUT2D eigenvalue weighted by Crippen LogP contribution is 2.27. The molecule has 0 aromatic rings. The van der Waals surface area contributed by atoms with Gasteiger partial charge in [-0.3, -0.25) is 9.59 Å². The van der Waals surface area contributed by atoms with Gasteiger partial charge < -0.3 is 21.5 Å². The minimum atomic E-state index is -0.506. The lowest BCUT2D eigenvalue weighted by atomic mass is 9.79. The average Bonchev–Trinajstić information content (AvgIpc) is 2.26. The number of hydrogen-bond acceptors (Lipinski definition) is 4. The lowest BCUT2D eigenvalue weighted by molar-refractivity contribution is -0.126. The molecule has 104 valence electrons. The van der Waals surface area contributed by atoms with Gasteiger partial charge in [-0.1, -0.05) is 6.92 Å². The third-order valence-corrected chi connectivity index (χ3v) is 3.14. The number of amides is 2. The van der Waals surface area contributed by atoms with Crippen LogP contribution in [-0.4, -0.2) is 37.6 Å². The maximum atomic E-state index is 11.9. The van der Waals surface area contributed by atoms with Gasteiger partial charge in [0.25, 0.3) is 0 Å². The quantitative estimate of drug-likeness (QED) is 0.550. The SMILES string of the molecule is CC1CC(N)CC(C(=O)NCCOCC(N)=O)C1. The van der Waals surface area contributed by atoms with Gasteiger partial charge in [0, 0.05) is 18.5 Å². The highest BCUT2D eigenvalue weighted by atomic mass is 16.5. The molecule has 3 atom stereocenters. The molecule has 18 heavy (non-hydrogen) atoms. The maximum Gasteiger partial charge on any atom is 0.243 e. The zero-order valence-electron chi connectivity index (χ0n) is 10.9. The Morgan fingerprint density at radius 1 is 1.33 bits per heavy atom. The second-order valence-electron chi connectivity index (χ2n) is 5.08. The van der Waals surface area contributed by atoms with Crippen molar-refractivity contribution in [3.8, 4) is 0 Å². The molecule has 0 aromatic heterocycles. The Hall–Kier alpha value is -1.14. The number of ether oxygens (including phenoxy) is 1. The first-order valence-electron chi connectivity index (χ1n) is 6.38. The second kappa shape index (κ2) is 7.33. The molecule has 0 spiro atoms. The fourth-order valence-electron chi connectivity index (χ4n) is 2.43. The molecule has 1 aliphatic carbocycles. The summed E-state index contributed by atoms with van der Waals surface area (Å²) in [5, 5.41) is 2.80. The highest BCUT2D eigenvalue weighted by Gasteiger charge is 2.28. The summed E-state index contributed by atoms with van der Waals surface area (Å²) in [6.45, 7) is 2.70. The number of carbonyl (C=O) groups excluding carboxylic acids is 2. The van der Waals surface area contributed by atoms with Gasteiger partial charge in [0.05, 0.1) is 6.61 Å². The lowest BCUT2D eigenvalue weighted by Crippen LogP contribution is -2.41.